The molecule has 2 heterocycles. The zero-order valence-electron chi connectivity index (χ0n) is 17.8. The minimum atomic E-state index is -0.222. The normalized spacial score (nSPS) is 14.6. The van der Waals surface area contributed by atoms with Crippen LogP contribution in [-0.2, 0) is 0 Å². The van der Waals surface area contributed by atoms with Gasteiger partial charge in [0.25, 0.3) is 5.91 Å². The second-order valence-corrected chi connectivity index (χ2v) is 8.52. The van der Waals surface area contributed by atoms with Crippen LogP contribution in [0.15, 0.2) is 95.6 Å². The van der Waals surface area contributed by atoms with Gasteiger partial charge in [-0.05, 0) is 65.7 Å². The largest absolute Gasteiger partial charge is 0.497 e. The Bertz CT molecular complexity index is 1310. The molecule has 7 heteroatoms. The van der Waals surface area contributed by atoms with Crippen molar-refractivity contribution in [1.29, 1.82) is 0 Å². The third-order valence-electron chi connectivity index (χ3n) is 5.53. The maximum absolute atomic E-state index is 13.1. The lowest BCUT2D eigenvalue weighted by Crippen LogP contribution is -2.22. The van der Waals surface area contributed by atoms with Gasteiger partial charge < -0.3 is 15.4 Å². The molecule has 1 unspecified atom stereocenters. The highest BCUT2D eigenvalue weighted by Gasteiger charge is 2.28. The van der Waals surface area contributed by atoms with Crippen LogP contribution in [0.1, 0.15) is 27.5 Å². The number of halogens is 1. The van der Waals surface area contributed by atoms with Crippen molar-refractivity contribution >= 4 is 39.0 Å². The molecular formula is C26H21BrN4O2. The number of allylic oxidation sites excluding steroid dienone is 1. The first kappa shape index (κ1) is 21.0. The molecule has 0 aliphatic carbocycles. The summed E-state index contributed by atoms with van der Waals surface area (Å²) >= 11 is 3.50. The molecule has 2 N–H and O–H groups in total. The van der Waals surface area contributed by atoms with E-state index >= 15 is 0 Å². The Kier molecular flexibility index (Phi) is 5.71. The van der Waals surface area contributed by atoms with Crippen LogP contribution in [0.5, 0.6) is 5.75 Å². The number of nitrogens with one attached hydrogen (secondary N) is 2. The molecule has 6 nitrogen and oxygen atoms in total. The summed E-state index contributed by atoms with van der Waals surface area (Å²) in [5.41, 5.74) is 4.14. The van der Waals surface area contributed by atoms with Crippen LogP contribution in [0, 0.1) is 0 Å². The summed E-state index contributed by atoms with van der Waals surface area (Å²) in [6.45, 7) is 0. The van der Waals surface area contributed by atoms with E-state index in [-0.39, 0.29) is 11.9 Å². The van der Waals surface area contributed by atoms with Gasteiger partial charge in [0.1, 0.15) is 17.1 Å². The van der Waals surface area contributed by atoms with Crippen LogP contribution < -0.4 is 15.4 Å². The van der Waals surface area contributed by atoms with E-state index in [1.54, 1.807) is 13.3 Å². The summed E-state index contributed by atoms with van der Waals surface area (Å²) in [5, 5.41) is 11.0. The lowest BCUT2D eigenvalue weighted by Gasteiger charge is -2.26. The molecular weight excluding hydrogens is 480 g/mol. The van der Waals surface area contributed by atoms with E-state index in [0.29, 0.717) is 11.4 Å². The first-order valence-corrected chi connectivity index (χ1v) is 11.2. The summed E-state index contributed by atoms with van der Waals surface area (Å²) in [4.78, 5) is 13.1. The number of nitrogens with zero attached hydrogens (tertiary/aromatic N) is 2. The summed E-state index contributed by atoms with van der Waals surface area (Å²) in [6.07, 6.45) is 3.72. The number of para-hydroxylation sites is 1. The van der Waals surface area contributed by atoms with Crippen LogP contribution in [0.25, 0.3) is 5.70 Å². The van der Waals surface area contributed by atoms with Gasteiger partial charge >= 0.3 is 0 Å². The Balaban J connectivity index is 1.55. The van der Waals surface area contributed by atoms with Crippen molar-refractivity contribution < 1.29 is 9.53 Å². The van der Waals surface area contributed by atoms with Gasteiger partial charge in [-0.2, -0.15) is 5.10 Å². The van der Waals surface area contributed by atoms with Crippen molar-refractivity contribution in [2.45, 2.75) is 6.04 Å². The fourth-order valence-corrected chi connectivity index (χ4v) is 4.08. The average molecular weight is 501 g/mol. The van der Waals surface area contributed by atoms with Gasteiger partial charge in [-0.25, -0.2) is 4.68 Å². The second-order valence-electron chi connectivity index (χ2n) is 7.60. The Morgan fingerprint density at radius 1 is 1.03 bits per heavy atom. The van der Waals surface area contributed by atoms with Gasteiger partial charge in [0.05, 0.1) is 19.3 Å². The minimum absolute atomic E-state index is 0.176. The van der Waals surface area contributed by atoms with Crippen LogP contribution >= 0.6 is 15.9 Å². The molecule has 1 aliphatic heterocycles. The third kappa shape index (κ3) is 4.27. The van der Waals surface area contributed by atoms with E-state index in [1.165, 1.54) is 0 Å². The molecule has 164 valence electrons. The van der Waals surface area contributed by atoms with Crippen LogP contribution in [0.3, 0.4) is 0 Å². The standard InChI is InChI=1S/C26H21BrN4O2/c1-33-21-13-9-17(10-14-21)23-15-24(18-7-11-19(27)12-8-18)31-25(30-23)22(16-28-31)26(32)29-20-5-3-2-4-6-20/h2-16,24,30H,1H3,(H,29,32). The maximum atomic E-state index is 13.1. The van der Waals surface area contributed by atoms with Crippen molar-refractivity contribution in [2.24, 2.45) is 0 Å². The van der Waals surface area contributed by atoms with Crippen LogP contribution in [0.4, 0.5) is 11.5 Å². The van der Waals surface area contributed by atoms with E-state index in [1.807, 2.05) is 71.4 Å². The number of amides is 1. The van der Waals surface area contributed by atoms with Gasteiger partial charge in [-0.3, -0.25) is 4.79 Å². The van der Waals surface area contributed by atoms with E-state index in [0.717, 1.165) is 32.7 Å². The molecule has 1 atom stereocenters. The monoisotopic (exact) mass is 500 g/mol. The van der Waals surface area contributed by atoms with Gasteiger partial charge in [-0.1, -0.05) is 46.3 Å². The van der Waals surface area contributed by atoms with Gasteiger partial charge in [0, 0.05) is 15.9 Å². The summed E-state index contributed by atoms with van der Waals surface area (Å²) < 4.78 is 8.14. The molecule has 0 spiro atoms. The number of carbonyl (C=O) groups is 1. The van der Waals surface area contributed by atoms with E-state index in [9.17, 15) is 4.79 Å². The van der Waals surface area contributed by atoms with Crippen molar-refractivity contribution in [1.82, 2.24) is 9.78 Å². The number of fused-ring (bicyclic) bond motifs is 1. The molecule has 33 heavy (non-hydrogen) atoms. The molecule has 1 aromatic heterocycles. The van der Waals surface area contributed by atoms with Crippen molar-refractivity contribution in [3.8, 4) is 5.75 Å². The van der Waals surface area contributed by atoms with Crippen LogP contribution in [-0.4, -0.2) is 22.8 Å². The molecule has 4 aromatic rings. The molecule has 1 amide bonds. The van der Waals surface area contributed by atoms with E-state index in [4.69, 9.17) is 4.74 Å². The summed E-state index contributed by atoms with van der Waals surface area (Å²) in [6, 6.07) is 25.1. The SMILES string of the molecule is COc1ccc(C2=CC(c3ccc(Br)cc3)n3ncc(C(=O)Nc4ccccc4)c3N2)cc1. The predicted molar refractivity (Wildman–Crippen MR) is 133 cm³/mol. The second kappa shape index (κ2) is 8.96. The highest BCUT2D eigenvalue weighted by atomic mass is 79.9. The maximum Gasteiger partial charge on any atom is 0.261 e. The number of ether oxygens (including phenoxy) is 1. The highest BCUT2D eigenvalue weighted by Crippen LogP contribution is 2.36. The summed E-state index contributed by atoms with van der Waals surface area (Å²) in [5.74, 6) is 1.21. The van der Waals surface area contributed by atoms with Gasteiger partial charge in [0.2, 0.25) is 0 Å². The zero-order chi connectivity index (χ0) is 22.8. The molecule has 0 saturated carbocycles. The first-order chi connectivity index (χ1) is 16.1. The molecule has 0 saturated heterocycles. The number of rotatable bonds is 5. The lowest BCUT2D eigenvalue weighted by atomic mass is 10.0. The van der Waals surface area contributed by atoms with E-state index in [2.05, 4.69) is 49.9 Å². The van der Waals surface area contributed by atoms with Crippen LogP contribution in [0.2, 0.25) is 0 Å². The first-order valence-electron chi connectivity index (χ1n) is 10.4. The molecule has 0 bridgehead atoms. The van der Waals surface area contributed by atoms with Crippen molar-refractivity contribution in [3.05, 3.63) is 112 Å². The Hall–Kier alpha value is -3.84. The predicted octanol–water partition coefficient (Wildman–Crippen LogP) is 5.96. The van der Waals surface area contributed by atoms with E-state index < -0.39 is 0 Å². The molecule has 0 fully saturated rings. The number of anilines is 2. The zero-order valence-corrected chi connectivity index (χ0v) is 19.4. The Labute approximate surface area is 200 Å². The number of hydrogen-bond acceptors (Lipinski definition) is 4. The van der Waals surface area contributed by atoms with Gasteiger partial charge in [0.15, 0.2) is 0 Å². The lowest BCUT2D eigenvalue weighted by molar-refractivity contribution is 0.102. The molecule has 5 rings (SSSR count). The Morgan fingerprint density at radius 2 is 1.76 bits per heavy atom. The van der Waals surface area contributed by atoms with Gasteiger partial charge in [-0.15, -0.1) is 0 Å². The smallest absolute Gasteiger partial charge is 0.261 e. The topological polar surface area (TPSA) is 68.2 Å². The quantitative estimate of drug-likeness (QED) is 0.354. The number of aromatic nitrogens is 2. The minimum Gasteiger partial charge on any atom is -0.497 e. The fraction of sp³-hybridized carbons (Fsp3) is 0.0769. The van der Waals surface area contributed by atoms with Crippen molar-refractivity contribution in [2.75, 3.05) is 17.7 Å². The molecule has 1 aliphatic rings. The summed E-state index contributed by atoms with van der Waals surface area (Å²) in [7, 11) is 1.65. The van der Waals surface area contributed by atoms with Crippen molar-refractivity contribution in [3.63, 3.8) is 0 Å². The average Bonchev–Trinajstić information content (AvgIpc) is 3.29. The number of hydrogen-bond donors (Lipinski definition) is 2. The Morgan fingerprint density at radius 3 is 2.45 bits per heavy atom. The fourth-order valence-electron chi connectivity index (χ4n) is 3.82. The number of carbonyl (C=O) groups excluding carboxylic acids is 1. The third-order valence-corrected chi connectivity index (χ3v) is 6.05. The number of methoxy groups -OCH3 is 1. The highest BCUT2D eigenvalue weighted by molar-refractivity contribution is 9.10. The number of benzene rings is 3. The molecule has 3 aromatic carbocycles. The molecule has 0 radical (unpaired) electrons.